The SMILES string of the molecule is COc1ccc(-n2c(NCc3ccc(C(C)(C)C)cc3)nc3ccc(Cl)cc32)cc1. The van der Waals surface area contributed by atoms with E-state index in [-0.39, 0.29) is 5.41 Å². The number of anilines is 1. The molecule has 1 heterocycles. The van der Waals surface area contributed by atoms with E-state index in [9.17, 15) is 0 Å². The van der Waals surface area contributed by atoms with E-state index in [1.165, 1.54) is 11.1 Å². The van der Waals surface area contributed by atoms with Crippen LogP contribution in [0.1, 0.15) is 31.9 Å². The van der Waals surface area contributed by atoms with Crippen molar-refractivity contribution in [3.8, 4) is 11.4 Å². The van der Waals surface area contributed by atoms with Gasteiger partial charge in [0.15, 0.2) is 0 Å². The lowest BCUT2D eigenvalue weighted by molar-refractivity contribution is 0.415. The third kappa shape index (κ3) is 4.14. The fraction of sp³-hybridized carbons (Fsp3) is 0.240. The molecule has 0 bridgehead atoms. The van der Waals surface area contributed by atoms with Gasteiger partial charge in [-0.1, -0.05) is 56.6 Å². The first-order valence-corrected chi connectivity index (χ1v) is 10.4. The molecular weight excluding hydrogens is 394 g/mol. The van der Waals surface area contributed by atoms with Crippen molar-refractivity contribution in [2.75, 3.05) is 12.4 Å². The average Bonchev–Trinajstić information content (AvgIpc) is 3.09. The van der Waals surface area contributed by atoms with Crippen LogP contribution in [0, 0.1) is 0 Å². The quantitative estimate of drug-likeness (QED) is 0.396. The summed E-state index contributed by atoms with van der Waals surface area (Å²) < 4.78 is 7.39. The van der Waals surface area contributed by atoms with Crippen molar-refractivity contribution in [2.24, 2.45) is 0 Å². The first-order chi connectivity index (χ1) is 14.3. The third-order valence-corrected chi connectivity index (χ3v) is 5.45. The number of nitrogens with zero attached hydrogens (tertiary/aromatic N) is 2. The van der Waals surface area contributed by atoms with Crippen molar-refractivity contribution in [2.45, 2.75) is 32.7 Å². The van der Waals surface area contributed by atoms with Gasteiger partial charge in [-0.2, -0.15) is 0 Å². The molecule has 3 aromatic carbocycles. The molecule has 4 aromatic rings. The number of imidazole rings is 1. The van der Waals surface area contributed by atoms with Crippen LogP contribution in [0.3, 0.4) is 0 Å². The lowest BCUT2D eigenvalue weighted by Crippen LogP contribution is -2.11. The van der Waals surface area contributed by atoms with Gasteiger partial charge in [0, 0.05) is 17.3 Å². The first-order valence-electron chi connectivity index (χ1n) is 10.0. The molecule has 1 aromatic heterocycles. The summed E-state index contributed by atoms with van der Waals surface area (Å²) in [5, 5.41) is 4.18. The minimum absolute atomic E-state index is 0.146. The molecule has 0 saturated carbocycles. The van der Waals surface area contributed by atoms with Crippen molar-refractivity contribution < 1.29 is 4.74 Å². The van der Waals surface area contributed by atoms with Gasteiger partial charge in [0.2, 0.25) is 5.95 Å². The van der Waals surface area contributed by atoms with Gasteiger partial charge in [0.25, 0.3) is 0 Å². The fourth-order valence-corrected chi connectivity index (χ4v) is 3.63. The highest BCUT2D eigenvalue weighted by molar-refractivity contribution is 6.31. The van der Waals surface area contributed by atoms with Crippen LogP contribution in [-0.2, 0) is 12.0 Å². The summed E-state index contributed by atoms with van der Waals surface area (Å²) >= 11 is 6.28. The van der Waals surface area contributed by atoms with E-state index in [2.05, 4.69) is 54.9 Å². The average molecular weight is 420 g/mol. The van der Waals surface area contributed by atoms with Crippen LogP contribution in [0.25, 0.3) is 16.7 Å². The van der Waals surface area contributed by atoms with E-state index in [1.54, 1.807) is 7.11 Å². The zero-order chi connectivity index (χ0) is 21.3. The molecule has 0 spiro atoms. The number of benzene rings is 3. The molecule has 0 atom stereocenters. The predicted molar refractivity (Wildman–Crippen MR) is 125 cm³/mol. The maximum atomic E-state index is 6.28. The minimum Gasteiger partial charge on any atom is -0.497 e. The molecule has 5 heteroatoms. The van der Waals surface area contributed by atoms with Crippen LogP contribution in [0.4, 0.5) is 5.95 Å². The number of methoxy groups -OCH3 is 1. The molecule has 30 heavy (non-hydrogen) atoms. The largest absolute Gasteiger partial charge is 0.497 e. The van der Waals surface area contributed by atoms with Gasteiger partial charge in [0.05, 0.1) is 18.1 Å². The third-order valence-electron chi connectivity index (χ3n) is 5.22. The van der Waals surface area contributed by atoms with Crippen molar-refractivity contribution in [3.05, 3.63) is 82.9 Å². The Morgan fingerprint density at radius 3 is 2.30 bits per heavy atom. The van der Waals surface area contributed by atoms with Crippen LogP contribution in [-0.4, -0.2) is 16.7 Å². The molecule has 4 nitrogen and oxygen atoms in total. The van der Waals surface area contributed by atoms with E-state index in [4.69, 9.17) is 21.3 Å². The lowest BCUT2D eigenvalue weighted by atomic mass is 9.87. The number of ether oxygens (including phenoxy) is 1. The highest BCUT2D eigenvalue weighted by atomic mass is 35.5. The maximum absolute atomic E-state index is 6.28. The Morgan fingerprint density at radius 2 is 1.67 bits per heavy atom. The predicted octanol–water partition coefficient (Wildman–Crippen LogP) is 6.60. The zero-order valence-electron chi connectivity index (χ0n) is 17.7. The van der Waals surface area contributed by atoms with Gasteiger partial charge < -0.3 is 10.1 Å². The Hall–Kier alpha value is -2.98. The molecule has 0 aliphatic carbocycles. The van der Waals surface area contributed by atoms with Gasteiger partial charge >= 0.3 is 0 Å². The van der Waals surface area contributed by atoms with Crippen LogP contribution in [0.5, 0.6) is 5.75 Å². The number of aromatic nitrogens is 2. The maximum Gasteiger partial charge on any atom is 0.208 e. The molecule has 0 aliphatic heterocycles. The van der Waals surface area contributed by atoms with Gasteiger partial charge in [-0.05, 0) is 59.0 Å². The normalized spacial score (nSPS) is 11.6. The van der Waals surface area contributed by atoms with Crippen LogP contribution in [0.2, 0.25) is 5.02 Å². The molecular formula is C25H26ClN3O. The Balaban J connectivity index is 1.68. The zero-order valence-corrected chi connectivity index (χ0v) is 18.5. The van der Waals surface area contributed by atoms with Crippen molar-refractivity contribution >= 4 is 28.6 Å². The van der Waals surface area contributed by atoms with E-state index < -0.39 is 0 Å². The second-order valence-electron chi connectivity index (χ2n) is 8.40. The molecule has 0 amide bonds. The molecule has 1 N–H and O–H groups in total. The lowest BCUT2D eigenvalue weighted by Gasteiger charge is -2.19. The number of halogens is 1. The monoisotopic (exact) mass is 419 g/mol. The van der Waals surface area contributed by atoms with Gasteiger partial charge in [-0.15, -0.1) is 0 Å². The van der Waals surface area contributed by atoms with Crippen molar-refractivity contribution in [1.29, 1.82) is 0 Å². The Bertz CT molecular complexity index is 1160. The molecule has 0 saturated heterocycles. The van der Waals surface area contributed by atoms with E-state index in [1.807, 2.05) is 42.5 Å². The van der Waals surface area contributed by atoms with Crippen LogP contribution >= 0.6 is 11.6 Å². The number of hydrogen-bond acceptors (Lipinski definition) is 3. The topological polar surface area (TPSA) is 39.1 Å². The molecule has 0 fully saturated rings. The summed E-state index contributed by atoms with van der Waals surface area (Å²) in [6, 6.07) is 22.4. The van der Waals surface area contributed by atoms with E-state index in [0.717, 1.165) is 28.4 Å². The number of rotatable bonds is 5. The summed E-state index contributed by atoms with van der Waals surface area (Å²) in [7, 11) is 1.67. The molecule has 154 valence electrons. The van der Waals surface area contributed by atoms with Gasteiger partial charge in [-0.25, -0.2) is 4.98 Å². The first kappa shape index (κ1) is 20.3. The van der Waals surface area contributed by atoms with Crippen molar-refractivity contribution in [1.82, 2.24) is 9.55 Å². The Labute approximate surface area is 182 Å². The smallest absolute Gasteiger partial charge is 0.208 e. The Morgan fingerprint density at radius 1 is 0.967 bits per heavy atom. The molecule has 4 rings (SSSR count). The van der Waals surface area contributed by atoms with E-state index in [0.29, 0.717) is 11.6 Å². The molecule has 0 aliphatic rings. The Kier molecular flexibility index (Phi) is 5.44. The number of fused-ring (bicyclic) bond motifs is 1. The number of hydrogen-bond donors (Lipinski definition) is 1. The van der Waals surface area contributed by atoms with Crippen molar-refractivity contribution in [3.63, 3.8) is 0 Å². The highest BCUT2D eigenvalue weighted by Crippen LogP contribution is 2.29. The summed E-state index contributed by atoms with van der Waals surface area (Å²) in [4.78, 5) is 4.81. The highest BCUT2D eigenvalue weighted by Gasteiger charge is 2.15. The molecule has 0 unspecified atom stereocenters. The van der Waals surface area contributed by atoms with E-state index >= 15 is 0 Å². The molecule has 0 radical (unpaired) electrons. The second kappa shape index (κ2) is 8.04. The van der Waals surface area contributed by atoms with Gasteiger partial charge in [0.1, 0.15) is 5.75 Å². The van der Waals surface area contributed by atoms with Gasteiger partial charge in [-0.3, -0.25) is 4.57 Å². The summed E-state index contributed by atoms with van der Waals surface area (Å²) in [5.74, 6) is 1.59. The summed E-state index contributed by atoms with van der Waals surface area (Å²) in [5.41, 5.74) is 5.51. The fourth-order valence-electron chi connectivity index (χ4n) is 3.46. The van der Waals surface area contributed by atoms with Crippen LogP contribution in [0.15, 0.2) is 66.7 Å². The summed E-state index contributed by atoms with van der Waals surface area (Å²) in [6.07, 6.45) is 0. The number of nitrogens with one attached hydrogen (secondary N) is 1. The van der Waals surface area contributed by atoms with Crippen LogP contribution < -0.4 is 10.1 Å². The minimum atomic E-state index is 0.146. The second-order valence-corrected chi connectivity index (χ2v) is 8.84. The summed E-state index contributed by atoms with van der Waals surface area (Å²) in [6.45, 7) is 7.35. The standard InChI is InChI=1S/C25H26ClN3O/c1-25(2,3)18-7-5-17(6-8-18)16-27-24-28-22-14-9-19(26)15-23(22)29(24)20-10-12-21(30-4)13-11-20/h5-15H,16H2,1-4H3,(H,27,28).